The summed E-state index contributed by atoms with van der Waals surface area (Å²) >= 11 is 0. The molecule has 0 radical (unpaired) electrons. The van der Waals surface area contributed by atoms with Gasteiger partial charge in [0, 0.05) is 5.10 Å². The maximum atomic E-state index is 5.35. The largest absolute Gasteiger partial charge is 0.254 e. The summed E-state index contributed by atoms with van der Waals surface area (Å²) in [5.41, 5.74) is 0. The first-order valence-corrected chi connectivity index (χ1v) is 2.79. The molecule has 0 saturated heterocycles. The molecule has 0 aromatic carbocycles. The van der Waals surface area contributed by atoms with E-state index in [1.54, 1.807) is 4.80 Å². The first-order valence-electron chi connectivity index (χ1n) is 2.79. The van der Waals surface area contributed by atoms with Gasteiger partial charge >= 0.3 is 0 Å². The Balaban J connectivity index is 2.94. The normalized spacial score (nSPS) is 10.6. The lowest BCUT2D eigenvalue weighted by atomic mass is 10.4. The zero-order valence-electron chi connectivity index (χ0n) is 5.52. The van der Waals surface area contributed by atoms with Crippen LogP contribution in [-0.4, -0.2) is 15.1 Å². The predicted octanol–water partition coefficient (Wildman–Crippen LogP) is -1.14. The average molecular weight is 128 g/mol. The molecule has 0 bridgehead atoms. The molecule has 0 spiro atoms. The van der Waals surface area contributed by atoms with Crippen LogP contribution in [0.1, 0.15) is 19.9 Å². The summed E-state index contributed by atoms with van der Waals surface area (Å²) in [6, 6.07) is 0.262. The van der Waals surface area contributed by atoms with Crippen LogP contribution in [0.3, 0.4) is 0 Å². The fourth-order valence-electron chi connectivity index (χ4n) is 0.605. The number of nitrogen functional groups attached to an aromatic ring is 1. The van der Waals surface area contributed by atoms with Crippen molar-refractivity contribution in [2.45, 2.75) is 19.9 Å². The third-order valence-corrected chi connectivity index (χ3v) is 1.01. The predicted molar refractivity (Wildman–Crippen MR) is 30.8 cm³/mol. The van der Waals surface area contributed by atoms with Crippen molar-refractivity contribution in [1.29, 1.82) is 0 Å². The van der Waals surface area contributed by atoms with E-state index in [1.165, 1.54) is 11.2 Å². The van der Waals surface area contributed by atoms with Crippen LogP contribution < -0.4 is 10.6 Å². The standard InChI is InChI=1S/C4H10N5/c1-4(2)8-6-3-7-9(8)5/h3-4H,1-2H3,(H2,5,6,7)/q+1. The van der Waals surface area contributed by atoms with Gasteiger partial charge in [-0.3, -0.25) is 0 Å². The molecule has 2 N–H and O–H groups in total. The topological polar surface area (TPSA) is 60.6 Å². The van der Waals surface area contributed by atoms with Gasteiger partial charge in [0.2, 0.25) is 0 Å². The van der Waals surface area contributed by atoms with Crippen molar-refractivity contribution in [3.05, 3.63) is 6.33 Å². The second-order valence-corrected chi connectivity index (χ2v) is 2.08. The highest BCUT2D eigenvalue weighted by Crippen LogP contribution is 1.83. The van der Waals surface area contributed by atoms with Gasteiger partial charge in [-0.25, -0.2) is 5.84 Å². The van der Waals surface area contributed by atoms with Crippen molar-refractivity contribution in [3.8, 4) is 0 Å². The maximum absolute atomic E-state index is 5.35. The minimum absolute atomic E-state index is 0.262. The summed E-state index contributed by atoms with van der Waals surface area (Å²) in [6.07, 6.45) is 1.42. The van der Waals surface area contributed by atoms with Gasteiger partial charge in [0.15, 0.2) is 0 Å². The first-order chi connectivity index (χ1) is 4.22. The minimum atomic E-state index is 0.262. The maximum Gasteiger partial charge on any atom is 0.254 e. The molecule has 0 saturated carbocycles. The Kier molecular flexibility index (Phi) is 1.33. The summed E-state index contributed by atoms with van der Waals surface area (Å²) in [7, 11) is 0. The Morgan fingerprint density at radius 2 is 2.33 bits per heavy atom. The summed E-state index contributed by atoms with van der Waals surface area (Å²) in [4.78, 5) is 2.80. The molecule has 0 amide bonds. The van der Waals surface area contributed by atoms with Crippen LogP contribution in [0.2, 0.25) is 0 Å². The molecule has 0 fully saturated rings. The Labute approximate surface area is 53.0 Å². The molecule has 0 aliphatic heterocycles. The lowest BCUT2D eigenvalue weighted by Gasteiger charge is -1.96. The number of aromatic nitrogens is 4. The molecule has 1 aromatic heterocycles. The SMILES string of the molecule is CC(C)[n+]1ncnn1N. The molecule has 1 heterocycles. The number of hydrogen-bond acceptors (Lipinski definition) is 3. The molecule has 1 rings (SSSR count). The van der Waals surface area contributed by atoms with E-state index in [-0.39, 0.29) is 6.04 Å². The van der Waals surface area contributed by atoms with Crippen LogP contribution in [0.25, 0.3) is 0 Å². The molecular weight excluding hydrogens is 118 g/mol. The lowest BCUT2D eigenvalue weighted by Crippen LogP contribution is -2.51. The second-order valence-electron chi connectivity index (χ2n) is 2.08. The van der Waals surface area contributed by atoms with Gasteiger partial charge in [-0.15, -0.1) is 0 Å². The van der Waals surface area contributed by atoms with Gasteiger partial charge in [0.1, 0.15) is 6.04 Å². The molecule has 1 aromatic rings. The van der Waals surface area contributed by atoms with Gasteiger partial charge in [-0.1, -0.05) is 9.90 Å². The summed E-state index contributed by atoms with van der Waals surface area (Å²) in [5.74, 6) is 5.35. The number of nitrogens with zero attached hydrogens (tertiary/aromatic N) is 4. The summed E-state index contributed by atoms with van der Waals surface area (Å²) < 4.78 is 0. The van der Waals surface area contributed by atoms with E-state index in [9.17, 15) is 0 Å². The third-order valence-electron chi connectivity index (χ3n) is 1.01. The molecule has 0 atom stereocenters. The van der Waals surface area contributed by atoms with E-state index < -0.39 is 0 Å². The van der Waals surface area contributed by atoms with E-state index in [2.05, 4.69) is 10.2 Å². The van der Waals surface area contributed by atoms with E-state index in [0.717, 1.165) is 0 Å². The fraction of sp³-hybridized carbons (Fsp3) is 0.750. The Morgan fingerprint density at radius 1 is 1.67 bits per heavy atom. The van der Waals surface area contributed by atoms with Crippen LogP contribution in [0.5, 0.6) is 0 Å². The molecule has 9 heavy (non-hydrogen) atoms. The minimum Gasteiger partial charge on any atom is -0.221 e. The number of tetrazole rings is 1. The van der Waals surface area contributed by atoms with Gasteiger partial charge in [-0.2, -0.15) is 0 Å². The van der Waals surface area contributed by atoms with E-state index in [4.69, 9.17) is 5.84 Å². The van der Waals surface area contributed by atoms with Crippen LogP contribution >= 0.6 is 0 Å². The first kappa shape index (κ1) is 6.00. The van der Waals surface area contributed by atoms with Gasteiger partial charge < -0.3 is 0 Å². The monoisotopic (exact) mass is 128 g/mol. The van der Waals surface area contributed by atoms with Crippen molar-refractivity contribution in [3.63, 3.8) is 0 Å². The van der Waals surface area contributed by atoms with Crippen molar-refractivity contribution in [1.82, 2.24) is 15.1 Å². The van der Waals surface area contributed by atoms with Crippen molar-refractivity contribution >= 4 is 0 Å². The molecule has 0 aliphatic carbocycles. The second kappa shape index (κ2) is 2.00. The highest BCUT2D eigenvalue weighted by atomic mass is 15.8. The molecule has 50 valence electrons. The Morgan fingerprint density at radius 3 is 2.56 bits per heavy atom. The Hall–Kier alpha value is -1.13. The molecular formula is C4H10N5+. The lowest BCUT2D eigenvalue weighted by molar-refractivity contribution is -0.840. The van der Waals surface area contributed by atoms with Gasteiger partial charge in [-0.05, 0) is 13.8 Å². The van der Waals surface area contributed by atoms with Crippen LogP contribution in [0.15, 0.2) is 6.33 Å². The number of hydrogen-bond donors (Lipinski definition) is 1. The van der Waals surface area contributed by atoms with Crippen LogP contribution in [0, 0.1) is 0 Å². The summed E-state index contributed by atoms with van der Waals surface area (Å²) in [5, 5.41) is 7.54. The van der Waals surface area contributed by atoms with Crippen molar-refractivity contribution < 1.29 is 4.80 Å². The quantitative estimate of drug-likeness (QED) is 0.384. The molecule has 5 heteroatoms. The Bertz CT molecular complexity index is 191. The highest BCUT2D eigenvalue weighted by Gasteiger charge is 2.07. The zero-order chi connectivity index (χ0) is 6.85. The molecule has 5 nitrogen and oxygen atoms in total. The van der Waals surface area contributed by atoms with E-state index >= 15 is 0 Å². The van der Waals surface area contributed by atoms with Gasteiger partial charge in [0.05, 0.1) is 4.91 Å². The van der Waals surface area contributed by atoms with E-state index in [1.807, 2.05) is 13.8 Å². The van der Waals surface area contributed by atoms with Crippen molar-refractivity contribution in [2.75, 3.05) is 5.84 Å². The third kappa shape index (κ3) is 0.984. The van der Waals surface area contributed by atoms with Crippen molar-refractivity contribution in [2.24, 2.45) is 0 Å². The number of nitrogens with two attached hydrogens (primary N) is 1. The fourth-order valence-corrected chi connectivity index (χ4v) is 0.605. The van der Waals surface area contributed by atoms with E-state index in [0.29, 0.717) is 0 Å². The van der Waals surface area contributed by atoms with Crippen LogP contribution in [0.4, 0.5) is 0 Å². The molecule has 0 unspecified atom stereocenters. The van der Waals surface area contributed by atoms with Crippen LogP contribution in [-0.2, 0) is 0 Å². The smallest absolute Gasteiger partial charge is 0.221 e. The highest BCUT2D eigenvalue weighted by molar-refractivity contribution is 4.29. The average Bonchev–Trinajstić information content (AvgIpc) is 2.13. The zero-order valence-corrected chi connectivity index (χ0v) is 5.52. The van der Waals surface area contributed by atoms with Gasteiger partial charge in [0.25, 0.3) is 6.33 Å². The summed E-state index contributed by atoms with van der Waals surface area (Å²) in [6.45, 7) is 3.97. The number of rotatable bonds is 1. The molecule has 0 aliphatic rings.